The third-order valence-corrected chi connectivity index (χ3v) is 4.91. The molecule has 7 nitrogen and oxygen atoms in total. The number of alkyl halides is 2. The first kappa shape index (κ1) is 23.0. The summed E-state index contributed by atoms with van der Waals surface area (Å²) in [7, 11) is -3.47. The Morgan fingerprint density at radius 3 is 2.25 bits per heavy atom. The molecular weight excluding hydrogens is 440 g/mol. The van der Waals surface area contributed by atoms with Crippen LogP contribution in [0.4, 0.5) is 31.5 Å². The van der Waals surface area contributed by atoms with E-state index in [1.807, 2.05) is 0 Å². The molecule has 10 heteroatoms. The van der Waals surface area contributed by atoms with Gasteiger partial charge < -0.3 is 15.4 Å². The third-order valence-electron chi connectivity index (χ3n) is 4.32. The van der Waals surface area contributed by atoms with Crippen LogP contribution in [-0.2, 0) is 10.0 Å². The van der Waals surface area contributed by atoms with Gasteiger partial charge in [-0.15, -0.1) is 0 Å². The summed E-state index contributed by atoms with van der Waals surface area (Å²) in [6.07, 6.45) is 1.05. The van der Waals surface area contributed by atoms with Gasteiger partial charge in [-0.2, -0.15) is 8.78 Å². The molecule has 0 fully saturated rings. The summed E-state index contributed by atoms with van der Waals surface area (Å²) in [4.78, 5) is 12.9. The second-order valence-electron chi connectivity index (χ2n) is 6.93. The average molecular weight is 461 g/mol. The summed E-state index contributed by atoms with van der Waals surface area (Å²) in [6.45, 7) is -1.16. The van der Waals surface area contributed by atoms with Crippen LogP contribution in [-0.4, -0.2) is 27.2 Å². The van der Waals surface area contributed by atoms with E-state index in [-0.39, 0.29) is 5.75 Å². The van der Waals surface area contributed by atoms with Crippen molar-refractivity contribution in [3.05, 3.63) is 77.9 Å². The number of aryl methyl sites for hydroxylation is 1. The molecule has 0 unspecified atom stereocenters. The van der Waals surface area contributed by atoms with Crippen LogP contribution in [0.15, 0.2) is 66.7 Å². The first-order valence-electron chi connectivity index (χ1n) is 9.41. The van der Waals surface area contributed by atoms with Gasteiger partial charge in [0.05, 0.1) is 23.2 Å². The summed E-state index contributed by atoms with van der Waals surface area (Å²) in [5, 5.41) is 5.83. The van der Waals surface area contributed by atoms with Crippen LogP contribution >= 0.6 is 0 Å². The molecule has 0 aliphatic rings. The Morgan fingerprint density at radius 2 is 1.59 bits per heavy atom. The molecule has 3 rings (SSSR count). The number of benzene rings is 3. The number of rotatable bonds is 8. The molecule has 168 valence electrons. The van der Waals surface area contributed by atoms with Crippen LogP contribution in [0, 0.1) is 6.92 Å². The number of hydrogen-bond acceptors (Lipinski definition) is 5. The number of carbonyl (C=O) groups excluding carboxylic acids is 1. The zero-order valence-electron chi connectivity index (χ0n) is 17.2. The second-order valence-corrected chi connectivity index (χ2v) is 8.68. The standard InChI is InChI=1S/C22H21F2N3O4S/c1-14-7-8-16(13-20(14)27-32(2,29)30)26-21(28)18-5-3-4-6-19(18)25-15-9-11-17(12-10-15)31-22(23)24/h3-13,22,25,27H,1-2H3,(H,26,28). The van der Waals surface area contributed by atoms with E-state index < -0.39 is 22.5 Å². The summed E-state index contributed by atoms with van der Waals surface area (Å²) in [5.74, 6) is -0.394. The van der Waals surface area contributed by atoms with Crippen LogP contribution in [0.25, 0.3) is 0 Å². The van der Waals surface area contributed by atoms with Gasteiger partial charge in [0, 0.05) is 11.4 Å². The van der Waals surface area contributed by atoms with E-state index in [1.54, 1.807) is 55.5 Å². The largest absolute Gasteiger partial charge is 0.435 e. The van der Waals surface area contributed by atoms with Gasteiger partial charge in [0.2, 0.25) is 10.0 Å². The Morgan fingerprint density at radius 1 is 0.938 bits per heavy atom. The molecule has 3 N–H and O–H groups in total. The molecule has 3 aromatic carbocycles. The van der Waals surface area contributed by atoms with Crippen LogP contribution in [0.2, 0.25) is 0 Å². The Kier molecular flexibility index (Phi) is 6.94. The van der Waals surface area contributed by atoms with Gasteiger partial charge >= 0.3 is 6.61 Å². The van der Waals surface area contributed by atoms with Crippen molar-refractivity contribution in [2.45, 2.75) is 13.5 Å². The van der Waals surface area contributed by atoms with Crippen LogP contribution < -0.4 is 20.1 Å². The number of halogens is 2. The molecule has 32 heavy (non-hydrogen) atoms. The van der Waals surface area contributed by atoms with Crippen LogP contribution in [0.1, 0.15) is 15.9 Å². The third kappa shape index (κ3) is 6.42. The average Bonchev–Trinajstić information content (AvgIpc) is 2.71. The molecule has 0 bridgehead atoms. The van der Waals surface area contributed by atoms with Crippen molar-refractivity contribution in [2.75, 3.05) is 21.6 Å². The summed E-state index contributed by atoms with van der Waals surface area (Å²) >= 11 is 0. The fourth-order valence-electron chi connectivity index (χ4n) is 2.87. The van der Waals surface area contributed by atoms with Crippen LogP contribution in [0.5, 0.6) is 5.75 Å². The van der Waals surface area contributed by atoms with Gasteiger partial charge in [-0.1, -0.05) is 18.2 Å². The normalized spacial score (nSPS) is 11.2. The van der Waals surface area contributed by atoms with Gasteiger partial charge in [0.25, 0.3) is 5.91 Å². The van der Waals surface area contributed by atoms with Crippen molar-refractivity contribution in [1.29, 1.82) is 0 Å². The SMILES string of the molecule is Cc1ccc(NC(=O)c2ccccc2Nc2ccc(OC(F)F)cc2)cc1NS(C)(=O)=O. The minimum atomic E-state index is -3.47. The van der Waals surface area contributed by atoms with E-state index in [4.69, 9.17) is 0 Å². The zero-order valence-corrected chi connectivity index (χ0v) is 18.0. The number of nitrogens with one attached hydrogen (secondary N) is 3. The van der Waals surface area contributed by atoms with Gasteiger partial charge in [-0.25, -0.2) is 8.42 Å². The highest BCUT2D eigenvalue weighted by atomic mass is 32.2. The number of anilines is 4. The Bertz CT molecular complexity index is 1220. The molecule has 0 radical (unpaired) electrons. The van der Waals surface area contributed by atoms with Crippen molar-refractivity contribution in [2.24, 2.45) is 0 Å². The monoisotopic (exact) mass is 461 g/mol. The highest BCUT2D eigenvalue weighted by Crippen LogP contribution is 2.26. The number of hydrogen-bond donors (Lipinski definition) is 3. The van der Waals surface area contributed by atoms with E-state index in [9.17, 15) is 22.0 Å². The first-order chi connectivity index (χ1) is 15.1. The molecule has 0 heterocycles. The van der Waals surface area contributed by atoms with E-state index in [1.165, 1.54) is 18.2 Å². The van der Waals surface area contributed by atoms with Crippen molar-refractivity contribution >= 4 is 38.7 Å². The van der Waals surface area contributed by atoms with Crippen molar-refractivity contribution in [3.63, 3.8) is 0 Å². The van der Waals surface area contributed by atoms with E-state index in [0.29, 0.717) is 33.9 Å². The van der Waals surface area contributed by atoms with Gasteiger partial charge in [0.1, 0.15) is 5.75 Å². The number of ether oxygens (including phenoxy) is 1. The molecular formula is C22H21F2N3O4S. The Labute approximate surface area is 184 Å². The topological polar surface area (TPSA) is 96.5 Å². The molecule has 0 saturated carbocycles. The maximum atomic E-state index is 12.9. The van der Waals surface area contributed by atoms with Gasteiger partial charge in [-0.3, -0.25) is 9.52 Å². The maximum Gasteiger partial charge on any atom is 0.387 e. The fraction of sp³-hybridized carbons (Fsp3) is 0.136. The summed E-state index contributed by atoms with van der Waals surface area (Å²) in [5.41, 5.74) is 2.88. The van der Waals surface area contributed by atoms with Crippen LogP contribution in [0.3, 0.4) is 0 Å². The molecule has 0 aliphatic heterocycles. The lowest BCUT2D eigenvalue weighted by atomic mass is 10.1. The molecule has 0 saturated heterocycles. The van der Waals surface area contributed by atoms with E-state index in [2.05, 4.69) is 20.1 Å². The minimum Gasteiger partial charge on any atom is -0.435 e. The van der Waals surface area contributed by atoms with Crippen molar-refractivity contribution in [1.82, 2.24) is 0 Å². The first-order valence-corrected chi connectivity index (χ1v) is 11.3. The fourth-order valence-corrected chi connectivity index (χ4v) is 3.49. The lowest BCUT2D eigenvalue weighted by Gasteiger charge is -2.14. The number of carbonyl (C=O) groups is 1. The minimum absolute atomic E-state index is 0.0226. The summed E-state index contributed by atoms with van der Waals surface area (Å²) < 4.78 is 54.4. The molecule has 3 aromatic rings. The Balaban J connectivity index is 1.78. The predicted octanol–water partition coefficient (Wildman–Crippen LogP) is 4.96. The maximum absolute atomic E-state index is 12.9. The lowest BCUT2D eigenvalue weighted by Crippen LogP contribution is -2.15. The molecule has 0 aromatic heterocycles. The van der Waals surface area contributed by atoms with Gasteiger partial charge in [0.15, 0.2) is 0 Å². The molecule has 1 amide bonds. The van der Waals surface area contributed by atoms with Crippen molar-refractivity contribution in [3.8, 4) is 5.75 Å². The van der Waals surface area contributed by atoms with E-state index >= 15 is 0 Å². The number of sulfonamides is 1. The predicted molar refractivity (Wildman–Crippen MR) is 120 cm³/mol. The highest BCUT2D eigenvalue weighted by Gasteiger charge is 2.13. The zero-order chi connectivity index (χ0) is 23.3. The second kappa shape index (κ2) is 9.65. The van der Waals surface area contributed by atoms with Gasteiger partial charge in [-0.05, 0) is 61.0 Å². The van der Waals surface area contributed by atoms with Crippen molar-refractivity contribution < 1.29 is 26.7 Å². The lowest BCUT2D eigenvalue weighted by molar-refractivity contribution is -0.0498. The highest BCUT2D eigenvalue weighted by molar-refractivity contribution is 7.92. The molecule has 0 atom stereocenters. The summed E-state index contributed by atoms with van der Waals surface area (Å²) in [6, 6.07) is 17.5. The van der Waals surface area contributed by atoms with E-state index in [0.717, 1.165) is 6.26 Å². The molecule has 0 aliphatic carbocycles. The number of amides is 1. The Hall–Kier alpha value is -3.66. The number of para-hydroxylation sites is 1. The quantitative estimate of drug-likeness (QED) is 0.440. The molecule has 0 spiro atoms. The smallest absolute Gasteiger partial charge is 0.387 e.